The number of rotatable bonds is 5. The molecule has 1 aromatic carbocycles. The molecule has 21 heavy (non-hydrogen) atoms. The molecule has 1 aromatic rings. The third-order valence-electron chi connectivity index (χ3n) is 4.04. The predicted molar refractivity (Wildman–Crippen MR) is 88.8 cm³/mol. The van der Waals surface area contributed by atoms with Gasteiger partial charge < -0.3 is 10.2 Å². The molecular weight excluding hydrogens is 284 g/mol. The van der Waals surface area contributed by atoms with Gasteiger partial charge in [-0.15, -0.1) is 11.6 Å². The van der Waals surface area contributed by atoms with Gasteiger partial charge in [-0.1, -0.05) is 26.0 Å². The lowest BCUT2D eigenvalue weighted by atomic mass is 10.00. The van der Waals surface area contributed by atoms with E-state index in [-0.39, 0.29) is 11.3 Å². The van der Waals surface area contributed by atoms with E-state index >= 15 is 0 Å². The molecule has 1 heterocycles. The number of anilines is 1. The molecule has 0 aliphatic carbocycles. The van der Waals surface area contributed by atoms with Gasteiger partial charge in [-0.25, -0.2) is 0 Å². The van der Waals surface area contributed by atoms with Crippen molar-refractivity contribution in [1.82, 2.24) is 4.90 Å². The summed E-state index contributed by atoms with van der Waals surface area (Å²) >= 11 is 6.54. The summed E-state index contributed by atoms with van der Waals surface area (Å²) in [7, 11) is 0. The van der Waals surface area contributed by atoms with Crippen molar-refractivity contribution in [3.63, 3.8) is 0 Å². The Kier molecular flexibility index (Phi) is 6.07. The molecule has 0 spiro atoms. The quantitative estimate of drug-likeness (QED) is 0.832. The molecule has 0 saturated carbocycles. The molecule has 1 amide bonds. The Hall–Kier alpha value is -1.06. The number of nitrogens with zero attached hydrogens (tertiary/aromatic N) is 1. The van der Waals surface area contributed by atoms with E-state index in [2.05, 4.69) is 17.1 Å². The standard InChI is InChI=1S/C17H25ClN2O/c1-3-17(21)19-15-8-6-14(7-9-15)16(18)12-20-10-4-5-13(2)11-20/h6-9,13,16H,3-5,10-12H2,1-2H3,(H,19,21). The van der Waals surface area contributed by atoms with Crippen LogP contribution in [-0.4, -0.2) is 30.4 Å². The van der Waals surface area contributed by atoms with Crippen molar-refractivity contribution in [2.24, 2.45) is 5.92 Å². The highest BCUT2D eigenvalue weighted by atomic mass is 35.5. The van der Waals surface area contributed by atoms with Crippen molar-refractivity contribution < 1.29 is 4.79 Å². The van der Waals surface area contributed by atoms with Gasteiger partial charge in [0.05, 0.1) is 5.38 Å². The first kappa shape index (κ1) is 16.3. The van der Waals surface area contributed by atoms with E-state index in [1.807, 2.05) is 31.2 Å². The zero-order valence-electron chi connectivity index (χ0n) is 12.9. The van der Waals surface area contributed by atoms with Crippen molar-refractivity contribution in [3.05, 3.63) is 29.8 Å². The van der Waals surface area contributed by atoms with Crippen molar-refractivity contribution in [3.8, 4) is 0 Å². The molecular formula is C17H25ClN2O. The second kappa shape index (κ2) is 7.81. The number of nitrogens with one attached hydrogen (secondary N) is 1. The number of hydrogen-bond acceptors (Lipinski definition) is 2. The molecule has 0 radical (unpaired) electrons. The van der Waals surface area contributed by atoms with E-state index < -0.39 is 0 Å². The predicted octanol–water partition coefficient (Wildman–Crippen LogP) is 4.05. The van der Waals surface area contributed by atoms with Gasteiger partial charge >= 0.3 is 0 Å². The lowest BCUT2D eigenvalue weighted by Gasteiger charge is -2.32. The molecule has 1 saturated heterocycles. The third-order valence-corrected chi connectivity index (χ3v) is 4.43. The molecule has 1 aliphatic rings. The molecule has 0 bridgehead atoms. The minimum atomic E-state index is 0.00577. The Bertz CT molecular complexity index is 460. The summed E-state index contributed by atoms with van der Waals surface area (Å²) in [6.45, 7) is 7.34. The second-order valence-electron chi connectivity index (χ2n) is 6.00. The first-order valence-corrected chi connectivity index (χ1v) is 8.28. The van der Waals surface area contributed by atoms with Crippen LogP contribution in [0.15, 0.2) is 24.3 Å². The highest BCUT2D eigenvalue weighted by molar-refractivity contribution is 6.21. The summed E-state index contributed by atoms with van der Waals surface area (Å²) in [6.07, 6.45) is 3.09. The van der Waals surface area contributed by atoms with E-state index in [0.717, 1.165) is 36.8 Å². The first-order valence-electron chi connectivity index (χ1n) is 7.84. The van der Waals surface area contributed by atoms with E-state index in [0.29, 0.717) is 6.42 Å². The van der Waals surface area contributed by atoms with Crippen molar-refractivity contribution >= 4 is 23.2 Å². The highest BCUT2D eigenvalue weighted by Crippen LogP contribution is 2.25. The normalized spacial score (nSPS) is 21.0. The summed E-state index contributed by atoms with van der Waals surface area (Å²) in [5, 5.41) is 2.86. The first-order chi connectivity index (χ1) is 10.1. The number of alkyl halides is 1. The Labute approximate surface area is 132 Å². The molecule has 116 valence electrons. The van der Waals surface area contributed by atoms with E-state index in [1.165, 1.54) is 12.8 Å². The van der Waals surface area contributed by atoms with Gasteiger partial charge in [-0.05, 0) is 43.0 Å². The Morgan fingerprint density at radius 3 is 2.76 bits per heavy atom. The van der Waals surface area contributed by atoms with Gasteiger partial charge in [0.25, 0.3) is 0 Å². The fraction of sp³-hybridized carbons (Fsp3) is 0.588. The van der Waals surface area contributed by atoms with Gasteiger partial charge in [0.1, 0.15) is 0 Å². The molecule has 3 nitrogen and oxygen atoms in total. The van der Waals surface area contributed by atoms with E-state index in [1.54, 1.807) is 0 Å². The molecule has 1 aliphatic heterocycles. The second-order valence-corrected chi connectivity index (χ2v) is 6.53. The van der Waals surface area contributed by atoms with Crippen molar-refractivity contribution in [2.45, 2.75) is 38.5 Å². The van der Waals surface area contributed by atoms with Gasteiger partial charge in [0.2, 0.25) is 5.91 Å². The molecule has 2 rings (SSSR count). The minimum absolute atomic E-state index is 0.00577. The SMILES string of the molecule is CCC(=O)Nc1ccc(C(Cl)CN2CCCC(C)C2)cc1. The number of carbonyl (C=O) groups is 1. The monoisotopic (exact) mass is 308 g/mol. The smallest absolute Gasteiger partial charge is 0.224 e. The maximum atomic E-state index is 11.3. The topological polar surface area (TPSA) is 32.3 Å². The summed E-state index contributed by atoms with van der Waals surface area (Å²) in [6, 6.07) is 7.88. The number of carbonyl (C=O) groups excluding carboxylic acids is 1. The average Bonchev–Trinajstić information content (AvgIpc) is 2.47. The van der Waals surface area contributed by atoms with Crippen LogP contribution in [0, 0.1) is 5.92 Å². The van der Waals surface area contributed by atoms with Crippen LogP contribution in [0.5, 0.6) is 0 Å². The van der Waals surface area contributed by atoms with Crippen molar-refractivity contribution in [2.75, 3.05) is 25.0 Å². The summed E-state index contributed by atoms with van der Waals surface area (Å²) in [4.78, 5) is 13.8. The van der Waals surface area contributed by atoms with Crippen LogP contribution in [0.3, 0.4) is 0 Å². The molecule has 1 N–H and O–H groups in total. The minimum Gasteiger partial charge on any atom is -0.326 e. The number of hydrogen-bond donors (Lipinski definition) is 1. The van der Waals surface area contributed by atoms with Crippen LogP contribution < -0.4 is 5.32 Å². The van der Waals surface area contributed by atoms with Crippen LogP contribution in [0.25, 0.3) is 0 Å². The number of piperidine rings is 1. The Balaban J connectivity index is 1.90. The van der Waals surface area contributed by atoms with Crippen LogP contribution in [0.4, 0.5) is 5.69 Å². The highest BCUT2D eigenvalue weighted by Gasteiger charge is 2.19. The third kappa shape index (κ3) is 5.01. The molecule has 2 unspecified atom stereocenters. The Morgan fingerprint density at radius 2 is 2.14 bits per heavy atom. The van der Waals surface area contributed by atoms with Crippen LogP contribution in [0.1, 0.15) is 44.1 Å². The number of amides is 1. The van der Waals surface area contributed by atoms with Gasteiger partial charge in [0, 0.05) is 25.2 Å². The average molecular weight is 309 g/mol. The van der Waals surface area contributed by atoms with Gasteiger partial charge in [-0.2, -0.15) is 0 Å². The van der Waals surface area contributed by atoms with E-state index in [4.69, 9.17) is 11.6 Å². The van der Waals surface area contributed by atoms with Gasteiger partial charge in [0.15, 0.2) is 0 Å². The van der Waals surface area contributed by atoms with Crippen LogP contribution in [0.2, 0.25) is 0 Å². The molecule has 2 atom stereocenters. The van der Waals surface area contributed by atoms with Crippen LogP contribution >= 0.6 is 11.6 Å². The Morgan fingerprint density at radius 1 is 1.43 bits per heavy atom. The fourth-order valence-electron chi connectivity index (χ4n) is 2.81. The van der Waals surface area contributed by atoms with Gasteiger partial charge in [-0.3, -0.25) is 4.79 Å². The van der Waals surface area contributed by atoms with E-state index in [9.17, 15) is 4.79 Å². The molecule has 4 heteroatoms. The molecule has 1 fully saturated rings. The van der Waals surface area contributed by atoms with Crippen molar-refractivity contribution in [1.29, 1.82) is 0 Å². The largest absolute Gasteiger partial charge is 0.326 e. The number of benzene rings is 1. The number of likely N-dealkylation sites (tertiary alicyclic amines) is 1. The fourth-order valence-corrected chi connectivity index (χ4v) is 3.15. The molecule has 0 aromatic heterocycles. The lowest BCUT2D eigenvalue weighted by Crippen LogP contribution is -2.36. The zero-order valence-corrected chi connectivity index (χ0v) is 13.7. The lowest BCUT2D eigenvalue weighted by molar-refractivity contribution is -0.115. The maximum Gasteiger partial charge on any atom is 0.224 e. The summed E-state index contributed by atoms with van der Waals surface area (Å²) in [5.74, 6) is 0.807. The number of halogens is 1. The summed E-state index contributed by atoms with van der Waals surface area (Å²) in [5.41, 5.74) is 1.95. The summed E-state index contributed by atoms with van der Waals surface area (Å²) < 4.78 is 0. The zero-order chi connectivity index (χ0) is 15.2. The van der Waals surface area contributed by atoms with Crippen LogP contribution in [-0.2, 0) is 4.79 Å². The maximum absolute atomic E-state index is 11.3.